The third-order valence-electron chi connectivity index (χ3n) is 3.70. The van der Waals surface area contributed by atoms with Crippen molar-refractivity contribution in [3.05, 3.63) is 29.8 Å². The van der Waals surface area contributed by atoms with Crippen molar-refractivity contribution in [2.45, 2.75) is 45.6 Å². The van der Waals surface area contributed by atoms with Crippen molar-refractivity contribution >= 4 is 5.69 Å². The average Bonchev–Trinajstić information content (AvgIpc) is 3.19. The molecule has 0 aromatic heterocycles. The summed E-state index contributed by atoms with van der Waals surface area (Å²) in [5.41, 5.74) is 2.78. The van der Waals surface area contributed by atoms with E-state index in [0.29, 0.717) is 0 Å². The van der Waals surface area contributed by atoms with Gasteiger partial charge in [-0.25, -0.2) is 0 Å². The maximum Gasteiger partial charge on any atom is 0.0395 e. The van der Waals surface area contributed by atoms with Gasteiger partial charge in [0, 0.05) is 24.8 Å². The van der Waals surface area contributed by atoms with Crippen molar-refractivity contribution in [1.82, 2.24) is 5.32 Å². The van der Waals surface area contributed by atoms with Gasteiger partial charge >= 0.3 is 0 Å². The number of unbranched alkanes of at least 4 members (excludes halogenated alkanes) is 1. The summed E-state index contributed by atoms with van der Waals surface area (Å²) in [6.45, 7) is 7.91. The van der Waals surface area contributed by atoms with Crippen LogP contribution >= 0.6 is 0 Å². The highest BCUT2D eigenvalue weighted by atomic mass is 15.1. The van der Waals surface area contributed by atoms with Crippen molar-refractivity contribution in [3.8, 4) is 0 Å². The zero-order valence-corrected chi connectivity index (χ0v) is 11.8. The number of anilines is 1. The Morgan fingerprint density at radius 3 is 2.67 bits per heavy atom. The molecule has 2 heteroatoms. The SMILES string of the molecule is CCN(CCCCNC1CC1)c1ccccc1C. The van der Waals surface area contributed by atoms with Crippen molar-refractivity contribution in [2.75, 3.05) is 24.5 Å². The molecule has 1 N–H and O–H groups in total. The Morgan fingerprint density at radius 1 is 1.22 bits per heavy atom. The summed E-state index contributed by atoms with van der Waals surface area (Å²) in [4.78, 5) is 2.49. The molecule has 2 nitrogen and oxygen atoms in total. The van der Waals surface area contributed by atoms with E-state index < -0.39 is 0 Å². The van der Waals surface area contributed by atoms with Crippen LogP contribution in [0.4, 0.5) is 5.69 Å². The Kier molecular flexibility index (Phi) is 5.06. The molecule has 18 heavy (non-hydrogen) atoms. The molecule has 0 saturated heterocycles. The van der Waals surface area contributed by atoms with Crippen LogP contribution in [0.25, 0.3) is 0 Å². The fraction of sp³-hybridized carbons (Fsp3) is 0.625. The molecule has 1 aromatic rings. The van der Waals surface area contributed by atoms with Gasteiger partial charge in [0.1, 0.15) is 0 Å². The van der Waals surface area contributed by atoms with E-state index >= 15 is 0 Å². The summed E-state index contributed by atoms with van der Waals surface area (Å²) in [5.74, 6) is 0. The number of rotatable bonds is 8. The molecule has 0 unspecified atom stereocenters. The Bertz CT molecular complexity index is 358. The van der Waals surface area contributed by atoms with E-state index in [-0.39, 0.29) is 0 Å². The molecular weight excluding hydrogens is 220 g/mol. The van der Waals surface area contributed by atoms with Gasteiger partial charge in [-0.2, -0.15) is 0 Å². The molecule has 1 fully saturated rings. The molecule has 0 aliphatic heterocycles. The van der Waals surface area contributed by atoms with Crippen LogP contribution in [0.15, 0.2) is 24.3 Å². The lowest BCUT2D eigenvalue weighted by Crippen LogP contribution is -2.26. The maximum absolute atomic E-state index is 3.58. The van der Waals surface area contributed by atoms with Crippen molar-refractivity contribution < 1.29 is 0 Å². The molecular formula is C16H26N2. The molecule has 100 valence electrons. The molecule has 2 rings (SSSR count). The quantitative estimate of drug-likeness (QED) is 0.708. The standard InChI is InChI=1S/C16H26N2/c1-3-18(16-9-5-4-8-14(16)2)13-7-6-12-17-15-10-11-15/h4-5,8-9,15,17H,3,6-7,10-13H2,1-2H3. The topological polar surface area (TPSA) is 15.3 Å². The maximum atomic E-state index is 3.58. The first-order valence-electron chi connectivity index (χ1n) is 7.35. The van der Waals surface area contributed by atoms with Crippen LogP contribution in [0.5, 0.6) is 0 Å². The van der Waals surface area contributed by atoms with Crippen molar-refractivity contribution in [2.24, 2.45) is 0 Å². The number of hydrogen-bond donors (Lipinski definition) is 1. The van der Waals surface area contributed by atoms with Crippen LogP contribution in [-0.4, -0.2) is 25.7 Å². The molecule has 1 aliphatic rings. The number of para-hydroxylation sites is 1. The highest BCUT2D eigenvalue weighted by molar-refractivity contribution is 5.52. The first kappa shape index (κ1) is 13.4. The van der Waals surface area contributed by atoms with E-state index in [9.17, 15) is 0 Å². The molecule has 1 aliphatic carbocycles. The molecule has 0 spiro atoms. The second kappa shape index (κ2) is 6.79. The van der Waals surface area contributed by atoms with Crippen molar-refractivity contribution in [1.29, 1.82) is 0 Å². The number of aryl methyl sites for hydroxylation is 1. The monoisotopic (exact) mass is 246 g/mol. The van der Waals surface area contributed by atoms with Crippen LogP contribution < -0.4 is 10.2 Å². The fourth-order valence-corrected chi connectivity index (χ4v) is 2.39. The van der Waals surface area contributed by atoms with E-state index in [4.69, 9.17) is 0 Å². The van der Waals surface area contributed by atoms with E-state index in [1.165, 1.54) is 50.0 Å². The lowest BCUT2D eigenvalue weighted by Gasteiger charge is -2.25. The van der Waals surface area contributed by atoms with Crippen LogP contribution in [0.2, 0.25) is 0 Å². The highest BCUT2D eigenvalue weighted by Gasteiger charge is 2.19. The highest BCUT2D eigenvalue weighted by Crippen LogP contribution is 2.20. The van der Waals surface area contributed by atoms with Gasteiger partial charge in [0.15, 0.2) is 0 Å². The van der Waals surface area contributed by atoms with Gasteiger partial charge in [-0.1, -0.05) is 18.2 Å². The molecule has 0 amide bonds. The minimum atomic E-state index is 0.851. The van der Waals surface area contributed by atoms with Gasteiger partial charge in [0.05, 0.1) is 0 Å². The van der Waals surface area contributed by atoms with Gasteiger partial charge < -0.3 is 10.2 Å². The molecule has 0 radical (unpaired) electrons. The smallest absolute Gasteiger partial charge is 0.0395 e. The number of benzene rings is 1. The molecule has 0 bridgehead atoms. The summed E-state index contributed by atoms with van der Waals surface area (Å²) < 4.78 is 0. The first-order valence-corrected chi connectivity index (χ1v) is 7.35. The number of nitrogens with one attached hydrogen (secondary N) is 1. The van der Waals surface area contributed by atoms with E-state index in [1.807, 2.05) is 0 Å². The van der Waals surface area contributed by atoms with Crippen LogP contribution in [0.1, 0.15) is 38.2 Å². The third-order valence-corrected chi connectivity index (χ3v) is 3.70. The average molecular weight is 246 g/mol. The minimum Gasteiger partial charge on any atom is -0.372 e. The van der Waals surface area contributed by atoms with Crippen molar-refractivity contribution in [3.63, 3.8) is 0 Å². The first-order chi connectivity index (χ1) is 8.81. The molecule has 1 saturated carbocycles. The van der Waals surface area contributed by atoms with Crippen LogP contribution in [0.3, 0.4) is 0 Å². The number of hydrogen-bond acceptors (Lipinski definition) is 2. The predicted octanol–water partition coefficient (Wildman–Crippen LogP) is 3.35. The van der Waals surface area contributed by atoms with E-state index in [1.54, 1.807) is 0 Å². The summed E-state index contributed by atoms with van der Waals surface area (Å²) in [7, 11) is 0. The largest absolute Gasteiger partial charge is 0.372 e. The Labute approximate surface area is 111 Å². The van der Waals surface area contributed by atoms with E-state index in [2.05, 4.69) is 48.3 Å². The third kappa shape index (κ3) is 4.02. The second-order valence-corrected chi connectivity index (χ2v) is 5.30. The zero-order chi connectivity index (χ0) is 12.8. The molecule has 0 heterocycles. The predicted molar refractivity (Wildman–Crippen MR) is 79.3 cm³/mol. The van der Waals surface area contributed by atoms with Gasteiger partial charge in [0.25, 0.3) is 0 Å². The summed E-state index contributed by atoms with van der Waals surface area (Å²) >= 11 is 0. The summed E-state index contributed by atoms with van der Waals surface area (Å²) in [6, 6.07) is 9.54. The Balaban J connectivity index is 1.72. The van der Waals surface area contributed by atoms with Crippen LogP contribution in [-0.2, 0) is 0 Å². The van der Waals surface area contributed by atoms with Gasteiger partial charge in [-0.05, 0) is 57.7 Å². The lowest BCUT2D eigenvalue weighted by molar-refractivity contribution is 0.612. The van der Waals surface area contributed by atoms with Gasteiger partial charge in [-0.15, -0.1) is 0 Å². The van der Waals surface area contributed by atoms with E-state index in [0.717, 1.165) is 12.6 Å². The van der Waals surface area contributed by atoms with Gasteiger partial charge in [-0.3, -0.25) is 0 Å². The summed E-state index contributed by atoms with van der Waals surface area (Å²) in [5, 5.41) is 3.58. The zero-order valence-electron chi connectivity index (χ0n) is 11.8. The minimum absolute atomic E-state index is 0.851. The Hall–Kier alpha value is -1.02. The lowest BCUT2D eigenvalue weighted by atomic mass is 10.1. The normalized spacial score (nSPS) is 14.8. The Morgan fingerprint density at radius 2 is 2.00 bits per heavy atom. The molecule has 1 aromatic carbocycles. The second-order valence-electron chi connectivity index (χ2n) is 5.30. The summed E-state index contributed by atoms with van der Waals surface area (Å²) in [6.07, 6.45) is 5.36. The number of nitrogens with zero attached hydrogens (tertiary/aromatic N) is 1. The molecule has 0 atom stereocenters. The fourth-order valence-electron chi connectivity index (χ4n) is 2.39. The van der Waals surface area contributed by atoms with Crippen LogP contribution in [0, 0.1) is 6.92 Å². The van der Waals surface area contributed by atoms with Gasteiger partial charge in [0.2, 0.25) is 0 Å².